The minimum absolute atomic E-state index is 0.0363. The predicted molar refractivity (Wildman–Crippen MR) is 109 cm³/mol. The highest BCUT2D eigenvalue weighted by molar-refractivity contribution is 5.99. The Morgan fingerprint density at radius 2 is 1.80 bits per heavy atom. The molecule has 4 nitrogen and oxygen atoms in total. The molecule has 6 heteroatoms. The monoisotopic (exact) mass is 409 g/mol. The van der Waals surface area contributed by atoms with Crippen molar-refractivity contribution in [3.8, 4) is 16.9 Å². The van der Waals surface area contributed by atoms with Crippen molar-refractivity contribution in [1.29, 1.82) is 0 Å². The number of carbonyl (C=O) groups is 1. The number of hydrogen-bond donors (Lipinski definition) is 1. The number of methoxy groups -OCH3 is 1. The normalized spacial score (nSPS) is 22.7. The summed E-state index contributed by atoms with van der Waals surface area (Å²) >= 11 is 0. The Hall–Kier alpha value is -2.99. The van der Waals surface area contributed by atoms with Gasteiger partial charge in [-0.05, 0) is 59.0 Å². The van der Waals surface area contributed by atoms with Crippen LogP contribution in [0.4, 0.5) is 8.78 Å². The van der Waals surface area contributed by atoms with E-state index in [0.717, 1.165) is 17.2 Å². The van der Waals surface area contributed by atoms with Crippen molar-refractivity contribution >= 4 is 16.7 Å². The molecule has 3 atom stereocenters. The van der Waals surface area contributed by atoms with Crippen LogP contribution in [0, 0.1) is 23.5 Å². The van der Waals surface area contributed by atoms with Crippen molar-refractivity contribution < 1.29 is 23.4 Å². The molecule has 3 aromatic rings. The van der Waals surface area contributed by atoms with E-state index >= 15 is 0 Å². The first-order valence-electron chi connectivity index (χ1n) is 10.00. The second-order valence-electron chi connectivity index (χ2n) is 8.16. The molecule has 0 spiro atoms. The number of aliphatic hydroxyl groups is 1. The first-order valence-corrected chi connectivity index (χ1v) is 10.00. The SMILES string of the molecule is COc1ccc(-c2ccc3cc(C(=O)N4C[C@@H]5C[C@@H](O)[C@@H]5C4)ccc3c2)c(F)c1F. The van der Waals surface area contributed by atoms with Gasteiger partial charge >= 0.3 is 0 Å². The average Bonchev–Trinajstić information content (AvgIpc) is 3.11. The Labute approximate surface area is 172 Å². The highest BCUT2D eigenvalue weighted by Crippen LogP contribution is 2.41. The second-order valence-corrected chi connectivity index (χ2v) is 8.16. The van der Waals surface area contributed by atoms with Crippen LogP contribution in [0.2, 0.25) is 0 Å². The van der Waals surface area contributed by atoms with E-state index in [1.807, 2.05) is 17.0 Å². The predicted octanol–water partition coefficient (Wildman–Crippen LogP) is 4.25. The lowest BCUT2D eigenvalue weighted by Gasteiger charge is -2.34. The van der Waals surface area contributed by atoms with Gasteiger partial charge in [-0.2, -0.15) is 4.39 Å². The van der Waals surface area contributed by atoms with Crippen molar-refractivity contribution in [2.75, 3.05) is 20.2 Å². The summed E-state index contributed by atoms with van der Waals surface area (Å²) in [6.45, 7) is 1.30. The Kier molecular flexibility index (Phi) is 4.47. The fourth-order valence-corrected chi connectivity index (χ4v) is 4.68. The van der Waals surface area contributed by atoms with Gasteiger partial charge in [-0.3, -0.25) is 4.79 Å². The van der Waals surface area contributed by atoms with Crippen molar-refractivity contribution in [3.63, 3.8) is 0 Å². The number of ether oxygens (including phenoxy) is 1. The molecule has 1 aliphatic carbocycles. The second kappa shape index (κ2) is 7.06. The lowest BCUT2D eigenvalue weighted by Crippen LogP contribution is -2.39. The number of hydrogen-bond acceptors (Lipinski definition) is 3. The topological polar surface area (TPSA) is 49.8 Å². The van der Waals surface area contributed by atoms with E-state index < -0.39 is 11.6 Å². The Balaban J connectivity index is 1.43. The van der Waals surface area contributed by atoms with Crippen molar-refractivity contribution in [2.24, 2.45) is 11.8 Å². The molecule has 1 saturated heterocycles. The van der Waals surface area contributed by atoms with Crippen LogP contribution in [-0.4, -0.2) is 42.2 Å². The molecule has 0 radical (unpaired) electrons. The Bertz CT molecular complexity index is 1160. The number of rotatable bonds is 3. The Morgan fingerprint density at radius 3 is 2.53 bits per heavy atom. The summed E-state index contributed by atoms with van der Waals surface area (Å²) in [7, 11) is 1.29. The number of nitrogens with zero attached hydrogens (tertiary/aromatic N) is 1. The largest absolute Gasteiger partial charge is 0.494 e. The molecule has 30 heavy (non-hydrogen) atoms. The van der Waals surface area contributed by atoms with E-state index in [0.29, 0.717) is 30.1 Å². The summed E-state index contributed by atoms with van der Waals surface area (Å²) < 4.78 is 33.4. The van der Waals surface area contributed by atoms with Crippen LogP contribution in [0.5, 0.6) is 5.75 Å². The number of benzene rings is 3. The van der Waals surface area contributed by atoms with Crippen LogP contribution in [-0.2, 0) is 0 Å². The maximum absolute atomic E-state index is 14.5. The van der Waals surface area contributed by atoms with Crippen LogP contribution in [0.1, 0.15) is 16.8 Å². The summed E-state index contributed by atoms with van der Waals surface area (Å²) in [5.41, 5.74) is 1.29. The maximum atomic E-state index is 14.5. The van der Waals surface area contributed by atoms with Gasteiger partial charge in [0.05, 0.1) is 13.2 Å². The molecular formula is C24H21F2NO3. The molecule has 0 bridgehead atoms. The third kappa shape index (κ3) is 2.94. The van der Waals surface area contributed by atoms with Crippen molar-refractivity contribution in [1.82, 2.24) is 4.90 Å². The standard InChI is InChI=1S/C24H21F2NO3/c1-30-21-7-6-18(22(25)23(21)26)15-4-2-14-9-16(5-3-13(14)8-15)24(29)27-11-17-10-20(28)19(17)12-27/h2-9,17,19-20,28H,10-12H2,1H3/t17-,19+,20+/m0/s1. The van der Waals surface area contributed by atoms with Gasteiger partial charge in [0.2, 0.25) is 5.82 Å². The number of likely N-dealkylation sites (tertiary alicyclic amines) is 1. The maximum Gasteiger partial charge on any atom is 0.253 e. The molecule has 154 valence electrons. The molecule has 2 aliphatic rings. The molecule has 1 N–H and O–H groups in total. The molecule has 0 unspecified atom stereocenters. The van der Waals surface area contributed by atoms with Gasteiger partial charge in [-0.1, -0.05) is 18.2 Å². The number of halogens is 2. The number of carbonyl (C=O) groups excluding carboxylic acids is 1. The average molecular weight is 409 g/mol. The quantitative estimate of drug-likeness (QED) is 0.704. The van der Waals surface area contributed by atoms with Gasteiger partial charge in [0.1, 0.15) is 0 Å². The summed E-state index contributed by atoms with van der Waals surface area (Å²) in [5.74, 6) is -1.52. The molecule has 1 amide bonds. The molecule has 0 aromatic heterocycles. The Morgan fingerprint density at radius 1 is 1.03 bits per heavy atom. The highest BCUT2D eigenvalue weighted by atomic mass is 19.2. The summed E-state index contributed by atoms with van der Waals surface area (Å²) in [5, 5.41) is 11.5. The van der Waals surface area contributed by atoms with Gasteiger partial charge in [-0.25, -0.2) is 4.39 Å². The molecule has 1 aliphatic heterocycles. The van der Waals surface area contributed by atoms with Crippen LogP contribution in [0.3, 0.4) is 0 Å². The minimum Gasteiger partial charge on any atom is -0.494 e. The van der Waals surface area contributed by atoms with E-state index in [-0.39, 0.29) is 29.2 Å². The summed E-state index contributed by atoms with van der Waals surface area (Å²) in [4.78, 5) is 14.7. The van der Waals surface area contributed by atoms with Gasteiger partial charge in [0, 0.05) is 30.1 Å². The summed E-state index contributed by atoms with van der Waals surface area (Å²) in [6.07, 6.45) is 0.489. The van der Waals surface area contributed by atoms with Crippen LogP contribution < -0.4 is 4.74 Å². The lowest BCUT2D eigenvalue weighted by molar-refractivity contribution is -0.00427. The zero-order chi connectivity index (χ0) is 21.0. The third-order valence-electron chi connectivity index (χ3n) is 6.48. The highest BCUT2D eigenvalue weighted by Gasteiger charge is 2.47. The molecule has 1 saturated carbocycles. The lowest BCUT2D eigenvalue weighted by atomic mass is 9.74. The minimum atomic E-state index is -1.01. The molecule has 2 fully saturated rings. The van der Waals surface area contributed by atoms with E-state index in [1.165, 1.54) is 19.2 Å². The van der Waals surface area contributed by atoms with Gasteiger partial charge in [-0.15, -0.1) is 0 Å². The third-order valence-corrected chi connectivity index (χ3v) is 6.48. The fraction of sp³-hybridized carbons (Fsp3) is 0.292. The fourth-order valence-electron chi connectivity index (χ4n) is 4.68. The van der Waals surface area contributed by atoms with Crippen LogP contribution in [0.25, 0.3) is 21.9 Å². The zero-order valence-electron chi connectivity index (χ0n) is 16.4. The van der Waals surface area contributed by atoms with E-state index in [1.54, 1.807) is 24.3 Å². The smallest absolute Gasteiger partial charge is 0.253 e. The van der Waals surface area contributed by atoms with E-state index in [4.69, 9.17) is 4.74 Å². The first-order chi connectivity index (χ1) is 14.5. The number of fused-ring (bicyclic) bond motifs is 2. The van der Waals surface area contributed by atoms with Gasteiger partial charge in [0.15, 0.2) is 11.6 Å². The molecular weight excluding hydrogens is 388 g/mol. The van der Waals surface area contributed by atoms with Crippen molar-refractivity contribution in [2.45, 2.75) is 12.5 Å². The summed E-state index contributed by atoms with van der Waals surface area (Å²) in [6, 6.07) is 13.6. The van der Waals surface area contributed by atoms with E-state index in [9.17, 15) is 18.7 Å². The first kappa shape index (κ1) is 19.0. The van der Waals surface area contributed by atoms with Gasteiger partial charge < -0.3 is 14.7 Å². The van der Waals surface area contributed by atoms with Crippen molar-refractivity contribution in [3.05, 3.63) is 65.7 Å². The zero-order valence-corrected chi connectivity index (χ0v) is 16.4. The van der Waals surface area contributed by atoms with Gasteiger partial charge in [0.25, 0.3) is 5.91 Å². The molecule has 1 heterocycles. The van der Waals surface area contributed by atoms with Crippen LogP contribution >= 0.6 is 0 Å². The van der Waals surface area contributed by atoms with Crippen LogP contribution in [0.15, 0.2) is 48.5 Å². The molecule has 5 rings (SSSR count). The molecule has 3 aromatic carbocycles. The number of aliphatic hydroxyl groups excluding tert-OH is 1. The number of amides is 1. The van der Waals surface area contributed by atoms with E-state index in [2.05, 4.69) is 0 Å².